The Morgan fingerprint density at radius 1 is 1.05 bits per heavy atom. The van der Waals surface area contributed by atoms with Crippen molar-refractivity contribution in [2.45, 2.75) is 6.54 Å². The van der Waals surface area contributed by atoms with Crippen molar-refractivity contribution in [3.8, 4) is 17.1 Å². The van der Waals surface area contributed by atoms with E-state index < -0.39 is 0 Å². The maximum atomic E-state index is 9.25. The fraction of sp³-hybridized carbons (Fsp3) is 0.0667. The van der Waals surface area contributed by atoms with Crippen molar-refractivity contribution < 1.29 is 9.63 Å². The highest BCUT2D eigenvalue weighted by Gasteiger charge is 2.08. The largest absolute Gasteiger partial charge is 0.508 e. The summed E-state index contributed by atoms with van der Waals surface area (Å²) < 4.78 is 5.18. The van der Waals surface area contributed by atoms with Gasteiger partial charge in [-0.25, -0.2) is 0 Å². The normalized spacial score (nSPS) is 10.5. The molecule has 1 heterocycles. The van der Waals surface area contributed by atoms with Crippen molar-refractivity contribution >= 4 is 17.3 Å². The molecule has 0 amide bonds. The molecule has 21 heavy (non-hydrogen) atoms. The average molecular weight is 302 g/mol. The minimum Gasteiger partial charge on any atom is -0.508 e. The van der Waals surface area contributed by atoms with Gasteiger partial charge in [0.05, 0.1) is 6.54 Å². The van der Waals surface area contributed by atoms with Gasteiger partial charge in [-0.3, -0.25) is 0 Å². The van der Waals surface area contributed by atoms with Crippen molar-refractivity contribution in [1.82, 2.24) is 10.1 Å². The second-order valence-electron chi connectivity index (χ2n) is 4.42. The Hall–Kier alpha value is -2.53. The minimum atomic E-state index is 0.201. The van der Waals surface area contributed by atoms with Gasteiger partial charge in [0, 0.05) is 16.3 Å². The molecule has 2 aromatic carbocycles. The fourth-order valence-electron chi connectivity index (χ4n) is 1.80. The molecule has 0 saturated carbocycles. The molecule has 3 rings (SSSR count). The lowest BCUT2D eigenvalue weighted by molar-refractivity contribution is 0.384. The lowest BCUT2D eigenvalue weighted by atomic mass is 10.2. The number of halogens is 1. The highest BCUT2D eigenvalue weighted by Crippen LogP contribution is 2.19. The number of nitrogens with one attached hydrogen (secondary N) is 1. The Labute approximate surface area is 126 Å². The lowest BCUT2D eigenvalue weighted by Gasteiger charge is -2.02. The predicted octanol–water partition coefficient (Wildman–Crippen LogP) is 3.71. The molecule has 0 unspecified atom stereocenters. The van der Waals surface area contributed by atoms with Gasteiger partial charge in [0.25, 0.3) is 0 Å². The molecule has 106 valence electrons. The van der Waals surface area contributed by atoms with E-state index >= 15 is 0 Å². The molecule has 0 aliphatic carbocycles. The van der Waals surface area contributed by atoms with Gasteiger partial charge in [0.2, 0.25) is 11.7 Å². The molecule has 0 radical (unpaired) electrons. The van der Waals surface area contributed by atoms with Crippen LogP contribution >= 0.6 is 11.6 Å². The van der Waals surface area contributed by atoms with Crippen LogP contribution in [0.4, 0.5) is 5.69 Å². The second kappa shape index (κ2) is 5.85. The van der Waals surface area contributed by atoms with Crippen LogP contribution in [0.5, 0.6) is 5.75 Å². The Morgan fingerprint density at radius 2 is 1.76 bits per heavy atom. The van der Waals surface area contributed by atoms with Crippen LogP contribution in [0.25, 0.3) is 11.4 Å². The maximum Gasteiger partial charge on any atom is 0.246 e. The Morgan fingerprint density at radius 3 is 2.48 bits per heavy atom. The molecule has 2 N–H and O–H groups in total. The molecule has 1 aromatic heterocycles. The fourth-order valence-corrected chi connectivity index (χ4v) is 1.93. The van der Waals surface area contributed by atoms with E-state index in [2.05, 4.69) is 15.5 Å². The van der Waals surface area contributed by atoms with Gasteiger partial charge in [-0.2, -0.15) is 4.98 Å². The SMILES string of the molecule is Oc1ccc(-c2noc(CNc3ccc(Cl)cc3)n2)cc1. The molecule has 0 aliphatic rings. The molecule has 0 bridgehead atoms. The van der Waals surface area contributed by atoms with E-state index in [1.54, 1.807) is 36.4 Å². The Kier molecular flexibility index (Phi) is 3.75. The van der Waals surface area contributed by atoms with Crippen LogP contribution in [0.1, 0.15) is 5.89 Å². The standard InChI is InChI=1S/C15H12ClN3O2/c16-11-3-5-12(6-4-11)17-9-14-18-15(19-21-14)10-1-7-13(20)8-2-10/h1-8,17,20H,9H2. The van der Waals surface area contributed by atoms with E-state index in [0.717, 1.165) is 11.3 Å². The third-order valence-corrected chi connectivity index (χ3v) is 3.13. The van der Waals surface area contributed by atoms with Gasteiger partial charge in [-0.05, 0) is 48.5 Å². The van der Waals surface area contributed by atoms with Crippen molar-refractivity contribution in [3.63, 3.8) is 0 Å². The molecule has 3 aromatic rings. The molecular weight excluding hydrogens is 290 g/mol. The van der Waals surface area contributed by atoms with Gasteiger partial charge in [0.15, 0.2) is 0 Å². The smallest absolute Gasteiger partial charge is 0.246 e. The molecule has 0 aliphatic heterocycles. The molecular formula is C15H12ClN3O2. The second-order valence-corrected chi connectivity index (χ2v) is 4.86. The van der Waals surface area contributed by atoms with Crippen LogP contribution in [0, 0.1) is 0 Å². The number of aromatic nitrogens is 2. The quantitative estimate of drug-likeness (QED) is 0.768. The zero-order chi connectivity index (χ0) is 14.7. The number of phenols is 1. The summed E-state index contributed by atoms with van der Waals surface area (Å²) >= 11 is 5.82. The molecule has 0 fully saturated rings. The molecule has 0 atom stereocenters. The van der Waals surface area contributed by atoms with E-state index in [1.807, 2.05) is 12.1 Å². The maximum absolute atomic E-state index is 9.25. The molecule has 5 nitrogen and oxygen atoms in total. The van der Waals surface area contributed by atoms with Crippen LogP contribution in [0.2, 0.25) is 5.02 Å². The van der Waals surface area contributed by atoms with Crippen molar-refractivity contribution in [3.05, 3.63) is 59.4 Å². The van der Waals surface area contributed by atoms with Crippen molar-refractivity contribution in [1.29, 1.82) is 0 Å². The van der Waals surface area contributed by atoms with Gasteiger partial charge < -0.3 is 14.9 Å². The number of anilines is 1. The van der Waals surface area contributed by atoms with Crippen LogP contribution in [-0.4, -0.2) is 15.2 Å². The van der Waals surface area contributed by atoms with Gasteiger partial charge >= 0.3 is 0 Å². The molecule has 0 spiro atoms. The van der Waals surface area contributed by atoms with E-state index in [9.17, 15) is 5.11 Å². The Balaban J connectivity index is 1.67. The summed E-state index contributed by atoms with van der Waals surface area (Å²) in [6, 6.07) is 14.0. The number of rotatable bonds is 4. The first-order chi connectivity index (χ1) is 10.2. The van der Waals surface area contributed by atoms with E-state index in [0.29, 0.717) is 23.3 Å². The average Bonchev–Trinajstić information content (AvgIpc) is 2.96. The highest BCUT2D eigenvalue weighted by molar-refractivity contribution is 6.30. The third kappa shape index (κ3) is 3.32. The number of hydrogen-bond acceptors (Lipinski definition) is 5. The lowest BCUT2D eigenvalue weighted by Crippen LogP contribution is -1.99. The summed E-state index contributed by atoms with van der Waals surface area (Å²) in [4.78, 5) is 4.29. The number of aromatic hydroxyl groups is 1. The topological polar surface area (TPSA) is 71.2 Å². The van der Waals surface area contributed by atoms with E-state index in [4.69, 9.17) is 16.1 Å². The summed E-state index contributed by atoms with van der Waals surface area (Å²) in [6.07, 6.45) is 0. The summed E-state index contributed by atoms with van der Waals surface area (Å²) in [5.74, 6) is 1.17. The predicted molar refractivity (Wildman–Crippen MR) is 80.2 cm³/mol. The molecule has 0 saturated heterocycles. The van der Waals surface area contributed by atoms with E-state index in [-0.39, 0.29) is 5.75 Å². The first-order valence-corrected chi connectivity index (χ1v) is 6.70. The summed E-state index contributed by atoms with van der Waals surface area (Å²) in [5.41, 5.74) is 1.71. The van der Waals surface area contributed by atoms with Crippen molar-refractivity contribution in [2.75, 3.05) is 5.32 Å². The zero-order valence-corrected chi connectivity index (χ0v) is 11.7. The van der Waals surface area contributed by atoms with Crippen molar-refractivity contribution in [2.24, 2.45) is 0 Å². The number of nitrogens with zero attached hydrogens (tertiary/aromatic N) is 2. The van der Waals surface area contributed by atoms with Crippen LogP contribution < -0.4 is 5.32 Å². The zero-order valence-electron chi connectivity index (χ0n) is 11.0. The Bertz CT molecular complexity index is 723. The van der Waals surface area contributed by atoms with Crippen LogP contribution in [0.15, 0.2) is 53.1 Å². The van der Waals surface area contributed by atoms with Crippen LogP contribution in [0.3, 0.4) is 0 Å². The molecule has 6 heteroatoms. The monoisotopic (exact) mass is 301 g/mol. The van der Waals surface area contributed by atoms with Crippen LogP contribution in [-0.2, 0) is 6.54 Å². The number of phenolic OH excluding ortho intramolecular Hbond substituents is 1. The summed E-state index contributed by atoms with van der Waals surface area (Å²) in [7, 11) is 0. The minimum absolute atomic E-state index is 0.201. The van der Waals surface area contributed by atoms with Gasteiger partial charge in [-0.1, -0.05) is 16.8 Å². The number of hydrogen-bond donors (Lipinski definition) is 2. The van der Waals surface area contributed by atoms with E-state index in [1.165, 1.54) is 0 Å². The van der Waals surface area contributed by atoms with Gasteiger partial charge in [-0.15, -0.1) is 0 Å². The summed E-state index contributed by atoms with van der Waals surface area (Å²) in [5, 5.41) is 17.0. The van der Waals surface area contributed by atoms with Gasteiger partial charge in [0.1, 0.15) is 5.75 Å². The first kappa shape index (κ1) is 13.5. The summed E-state index contributed by atoms with van der Waals surface area (Å²) in [6.45, 7) is 0.423. The third-order valence-electron chi connectivity index (χ3n) is 2.88. The first-order valence-electron chi connectivity index (χ1n) is 6.32. The number of benzene rings is 2. The highest BCUT2D eigenvalue weighted by atomic mass is 35.5.